The summed E-state index contributed by atoms with van der Waals surface area (Å²) in [6.45, 7) is 3.25. The molecule has 0 atom stereocenters. The number of nitrogens with one attached hydrogen (secondary N) is 1. The van der Waals surface area contributed by atoms with Crippen molar-refractivity contribution >= 4 is 21.7 Å². The Morgan fingerprint density at radius 2 is 1.89 bits per heavy atom. The molecule has 0 aliphatic carbocycles. The Morgan fingerprint density at radius 3 is 2.54 bits per heavy atom. The maximum Gasteiger partial charge on any atom is 0.242 e. The fraction of sp³-hybridized carbons (Fsp3) is 0.333. The van der Waals surface area contributed by atoms with Gasteiger partial charge in [0.25, 0.3) is 0 Å². The first kappa shape index (κ1) is 20.0. The van der Waals surface area contributed by atoms with E-state index >= 15 is 0 Å². The lowest BCUT2D eigenvalue weighted by Gasteiger charge is -2.36. The first-order valence-electron chi connectivity index (χ1n) is 8.91. The van der Waals surface area contributed by atoms with Crippen LogP contribution in [0.3, 0.4) is 0 Å². The van der Waals surface area contributed by atoms with Gasteiger partial charge >= 0.3 is 0 Å². The number of nitrogens with zero attached hydrogens (tertiary/aromatic N) is 4. The van der Waals surface area contributed by atoms with Crippen LogP contribution in [-0.4, -0.2) is 63.5 Å². The number of benzene rings is 1. The van der Waals surface area contributed by atoms with E-state index in [2.05, 4.69) is 19.6 Å². The third-order valence-electron chi connectivity index (χ3n) is 4.42. The SMILES string of the molecule is NC(=NCCNS(=O)(=O)c1cccnc1)N1CCN(c2ccc(F)cc2)CC1. The summed E-state index contributed by atoms with van der Waals surface area (Å²) < 4.78 is 39.7. The highest BCUT2D eigenvalue weighted by Crippen LogP contribution is 2.16. The summed E-state index contributed by atoms with van der Waals surface area (Å²) in [5.74, 6) is 0.136. The molecule has 0 bridgehead atoms. The quantitative estimate of drug-likeness (QED) is 0.414. The minimum atomic E-state index is -3.59. The molecule has 2 aromatic rings. The summed E-state index contributed by atoms with van der Waals surface area (Å²) in [6, 6.07) is 9.46. The van der Waals surface area contributed by atoms with Gasteiger partial charge in [-0.1, -0.05) is 0 Å². The molecule has 150 valence electrons. The molecule has 3 N–H and O–H groups in total. The van der Waals surface area contributed by atoms with Crippen molar-refractivity contribution in [2.45, 2.75) is 4.90 Å². The Morgan fingerprint density at radius 1 is 1.18 bits per heavy atom. The van der Waals surface area contributed by atoms with E-state index in [1.807, 2.05) is 4.90 Å². The van der Waals surface area contributed by atoms with E-state index in [9.17, 15) is 12.8 Å². The standard InChI is InChI=1S/C18H23FN6O2S/c19-15-3-5-16(6-4-15)24-10-12-25(13-11-24)18(20)22-8-9-23-28(26,27)17-2-1-7-21-14-17/h1-7,14,23H,8-13H2,(H2,20,22). The molecule has 0 unspecified atom stereocenters. The molecule has 0 amide bonds. The number of guanidine groups is 1. The number of pyridine rings is 1. The average Bonchev–Trinajstić information content (AvgIpc) is 2.72. The second-order valence-corrected chi connectivity index (χ2v) is 8.04. The van der Waals surface area contributed by atoms with Crippen LogP contribution in [0.15, 0.2) is 58.7 Å². The molecule has 1 fully saturated rings. The second-order valence-electron chi connectivity index (χ2n) is 6.28. The summed E-state index contributed by atoms with van der Waals surface area (Å²) >= 11 is 0. The van der Waals surface area contributed by atoms with E-state index in [0.717, 1.165) is 18.8 Å². The lowest BCUT2D eigenvalue weighted by molar-refractivity contribution is 0.381. The number of halogens is 1. The van der Waals surface area contributed by atoms with Gasteiger partial charge in [0, 0.05) is 50.8 Å². The Balaban J connectivity index is 1.45. The Kier molecular flexibility index (Phi) is 6.42. The van der Waals surface area contributed by atoms with Gasteiger partial charge in [-0.25, -0.2) is 17.5 Å². The van der Waals surface area contributed by atoms with Crippen LogP contribution in [0, 0.1) is 5.82 Å². The third-order valence-corrected chi connectivity index (χ3v) is 5.86. The topological polar surface area (TPSA) is 104 Å². The number of hydrogen-bond acceptors (Lipinski definition) is 5. The number of hydrogen-bond donors (Lipinski definition) is 2. The maximum atomic E-state index is 13.0. The monoisotopic (exact) mass is 406 g/mol. The largest absolute Gasteiger partial charge is 0.370 e. The van der Waals surface area contributed by atoms with Crippen molar-refractivity contribution < 1.29 is 12.8 Å². The van der Waals surface area contributed by atoms with Gasteiger partial charge in [-0.3, -0.25) is 9.98 Å². The highest BCUT2D eigenvalue weighted by atomic mass is 32.2. The predicted octanol–water partition coefficient (Wildman–Crippen LogP) is 0.636. The zero-order valence-electron chi connectivity index (χ0n) is 15.3. The number of anilines is 1. The molecule has 0 saturated carbocycles. The highest BCUT2D eigenvalue weighted by molar-refractivity contribution is 7.89. The van der Waals surface area contributed by atoms with Crippen molar-refractivity contribution in [2.75, 3.05) is 44.2 Å². The van der Waals surface area contributed by atoms with E-state index in [4.69, 9.17) is 5.73 Å². The zero-order chi connectivity index (χ0) is 20.0. The van der Waals surface area contributed by atoms with Crippen molar-refractivity contribution in [1.82, 2.24) is 14.6 Å². The normalized spacial score (nSPS) is 15.7. The number of aromatic nitrogens is 1. The van der Waals surface area contributed by atoms with Gasteiger partial charge in [-0.15, -0.1) is 0 Å². The van der Waals surface area contributed by atoms with Gasteiger partial charge < -0.3 is 15.5 Å². The predicted molar refractivity (Wildman–Crippen MR) is 106 cm³/mol. The second kappa shape index (κ2) is 8.98. The number of rotatable bonds is 6. The van der Waals surface area contributed by atoms with Gasteiger partial charge in [0.2, 0.25) is 10.0 Å². The van der Waals surface area contributed by atoms with Gasteiger partial charge in [-0.2, -0.15) is 0 Å². The van der Waals surface area contributed by atoms with Crippen molar-refractivity contribution in [3.8, 4) is 0 Å². The molecule has 3 rings (SSSR count). The highest BCUT2D eigenvalue weighted by Gasteiger charge is 2.18. The Bertz CT molecular complexity index is 897. The first-order chi connectivity index (χ1) is 13.5. The molecule has 2 heterocycles. The van der Waals surface area contributed by atoms with Crippen LogP contribution in [0.4, 0.5) is 10.1 Å². The summed E-state index contributed by atoms with van der Waals surface area (Å²) in [5, 5.41) is 0. The van der Waals surface area contributed by atoms with Crippen molar-refractivity contribution in [2.24, 2.45) is 10.7 Å². The minimum absolute atomic E-state index is 0.115. The van der Waals surface area contributed by atoms with Crippen LogP contribution in [0.5, 0.6) is 0 Å². The van der Waals surface area contributed by atoms with Crippen LogP contribution in [0.2, 0.25) is 0 Å². The van der Waals surface area contributed by atoms with Gasteiger partial charge in [0.15, 0.2) is 5.96 Å². The molecule has 1 aliphatic heterocycles. The molecule has 1 saturated heterocycles. The molecular formula is C18H23FN6O2S. The molecule has 1 aromatic carbocycles. The van der Waals surface area contributed by atoms with Crippen molar-refractivity contribution in [3.05, 3.63) is 54.6 Å². The third kappa shape index (κ3) is 5.17. The van der Waals surface area contributed by atoms with Gasteiger partial charge in [0.1, 0.15) is 10.7 Å². The van der Waals surface area contributed by atoms with Crippen LogP contribution in [-0.2, 0) is 10.0 Å². The molecule has 8 nitrogen and oxygen atoms in total. The molecule has 1 aliphatic rings. The van der Waals surface area contributed by atoms with Crippen LogP contribution < -0.4 is 15.4 Å². The molecule has 10 heteroatoms. The van der Waals surface area contributed by atoms with Crippen LogP contribution >= 0.6 is 0 Å². The first-order valence-corrected chi connectivity index (χ1v) is 10.4. The van der Waals surface area contributed by atoms with E-state index < -0.39 is 10.0 Å². The smallest absolute Gasteiger partial charge is 0.242 e. The fourth-order valence-corrected chi connectivity index (χ4v) is 3.87. The lowest BCUT2D eigenvalue weighted by Crippen LogP contribution is -2.51. The maximum absolute atomic E-state index is 13.0. The number of nitrogens with two attached hydrogens (primary N) is 1. The lowest BCUT2D eigenvalue weighted by atomic mass is 10.2. The molecule has 28 heavy (non-hydrogen) atoms. The van der Waals surface area contributed by atoms with E-state index in [0.29, 0.717) is 19.0 Å². The van der Waals surface area contributed by atoms with E-state index in [1.54, 1.807) is 18.2 Å². The number of piperazine rings is 1. The summed E-state index contributed by atoms with van der Waals surface area (Å²) in [7, 11) is -3.59. The fourth-order valence-electron chi connectivity index (χ4n) is 2.89. The summed E-state index contributed by atoms with van der Waals surface area (Å²) in [4.78, 5) is 12.3. The molecular weight excluding hydrogens is 383 g/mol. The van der Waals surface area contributed by atoms with Crippen molar-refractivity contribution in [1.29, 1.82) is 0 Å². The molecule has 1 aromatic heterocycles. The summed E-state index contributed by atoms with van der Waals surface area (Å²) in [6.07, 6.45) is 2.81. The van der Waals surface area contributed by atoms with E-state index in [-0.39, 0.29) is 23.8 Å². The number of sulfonamides is 1. The van der Waals surface area contributed by atoms with Crippen LogP contribution in [0.1, 0.15) is 0 Å². The Labute approximate surface area is 163 Å². The number of aliphatic imine (C=N–C) groups is 1. The van der Waals surface area contributed by atoms with Gasteiger partial charge in [-0.05, 0) is 36.4 Å². The Hall–Kier alpha value is -2.72. The molecule has 0 radical (unpaired) electrons. The summed E-state index contributed by atoms with van der Waals surface area (Å²) in [5.41, 5.74) is 7.01. The molecule has 0 spiro atoms. The zero-order valence-corrected chi connectivity index (χ0v) is 16.1. The average molecular weight is 406 g/mol. The van der Waals surface area contributed by atoms with E-state index in [1.165, 1.54) is 30.6 Å². The van der Waals surface area contributed by atoms with Gasteiger partial charge in [0.05, 0.1) is 6.54 Å². The van der Waals surface area contributed by atoms with Crippen molar-refractivity contribution in [3.63, 3.8) is 0 Å². The minimum Gasteiger partial charge on any atom is -0.370 e. The van der Waals surface area contributed by atoms with Crippen LogP contribution in [0.25, 0.3) is 0 Å².